The molecule has 0 aliphatic rings. The molecule has 3 unspecified atom stereocenters. The summed E-state index contributed by atoms with van der Waals surface area (Å²) in [5.41, 5.74) is 0. The third kappa shape index (κ3) is 13.8. The van der Waals surface area contributed by atoms with Crippen molar-refractivity contribution in [3.05, 3.63) is 0 Å². The Morgan fingerprint density at radius 2 is 1.33 bits per heavy atom. The average molecular weight is 347 g/mol. The molecule has 3 atom stereocenters. The van der Waals surface area contributed by atoms with E-state index in [1.165, 1.54) is 39.2 Å². The number of carbonyl (C=O) groups excluding carboxylic acids is 1. The highest BCUT2D eigenvalue weighted by Crippen LogP contribution is 2.14. The predicted octanol–water partition coefficient (Wildman–Crippen LogP) is 3.33. The number of aliphatic hydroxyl groups excluding tert-OH is 3. The van der Waals surface area contributed by atoms with Crippen molar-refractivity contribution in [3.8, 4) is 0 Å². The minimum Gasteiger partial charge on any atom is -0.469 e. The normalized spacial score (nSPS) is 15.0. The number of unbranched alkanes of at least 4 members (excludes halogenated alkanes) is 8. The van der Waals surface area contributed by atoms with Crippen LogP contribution in [0.25, 0.3) is 0 Å². The first-order valence-corrected chi connectivity index (χ1v) is 9.62. The van der Waals surface area contributed by atoms with Crippen molar-refractivity contribution in [3.63, 3.8) is 0 Å². The molecular formula is C19H38O5. The summed E-state index contributed by atoms with van der Waals surface area (Å²) in [6.07, 6.45) is 10.0. The van der Waals surface area contributed by atoms with Crippen LogP contribution < -0.4 is 0 Å². The zero-order valence-corrected chi connectivity index (χ0v) is 15.6. The van der Waals surface area contributed by atoms with Gasteiger partial charge in [0, 0.05) is 12.8 Å². The highest BCUT2D eigenvalue weighted by molar-refractivity contribution is 5.68. The van der Waals surface area contributed by atoms with Crippen molar-refractivity contribution in [2.75, 3.05) is 7.11 Å². The number of ether oxygens (including phenoxy) is 1. The molecule has 0 radical (unpaired) electrons. The molecule has 144 valence electrons. The minimum atomic E-state index is -0.816. The van der Waals surface area contributed by atoms with Crippen LogP contribution in [0.4, 0.5) is 0 Å². The molecular weight excluding hydrogens is 308 g/mol. The SMILES string of the molecule is CCC(O)C(O)CC(O)CCCCCCCCCCCC(=O)OC. The van der Waals surface area contributed by atoms with Gasteiger partial charge in [-0.2, -0.15) is 0 Å². The van der Waals surface area contributed by atoms with Gasteiger partial charge in [-0.3, -0.25) is 4.79 Å². The first-order valence-electron chi connectivity index (χ1n) is 9.62. The van der Waals surface area contributed by atoms with Crippen LogP contribution in [0.1, 0.15) is 90.4 Å². The molecule has 0 rings (SSSR count). The number of hydrogen-bond donors (Lipinski definition) is 3. The number of methoxy groups -OCH3 is 1. The Labute approximate surface area is 147 Å². The largest absolute Gasteiger partial charge is 0.469 e. The molecule has 0 aromatic heterocycles. The standard InChI is InChI=1S/C19H38O5/c1-3-17(21)18(22)15-16(20)13-11-9-7-5-4-6-8-10-12-14-19(23)24-2/h16-18,20-22H,3-15H2,1-2H3. The molecule has 0 bridgehead atoms. The van der Waals surface area contributed by atoms with Crippen LogP contribution in [-0.2, 0) is 9.53 Å². The number of hydrogen-bond acceptors (Lipinski definition) is 5. The van der Waals surface area contributed by atoms with Crippen LogP contribution in [0.3, 0.4) is 0 Å². The number of carbonyl (C=O) groups is 1. The van der Waals surface area contributed by atoms with Crippen LogP contribution in [-0.4, -0.2) is 46.7 Å². The van der Waals surface area contributed by atoms with Crippen molar-refractivity contribution < 1.29 is 24.9 Å². The first-order chi connectivity index (χ1) is 11.5. The van der Waals surface area contributed by atoms with Gasteiger partial charge in [0.15, 0.2) is 0 Å². The van der Waals surface area contributed by atoms with Gasteiger partial charge in [0.2, 0.25) is 0 Å². The van der Waals surface area contributed by atoms with Crippen LogP contribution >= 0.6 is 0 Å². The molecule has 0 aromatic rings. The van der Waals surface area contributed by atoms with Gasteiger partial charge < -0.3 is 20.1 Å². The van der Waals surface area contributed by atoms with Gasteiger partial charge in [-0.25, -0.2) is 0 Å². The summed E-state index contributed by atoms with van der Waals surface area (Å²) in [5, 5.41) is 29.0. The Balaban J connectivity index is 3.31. The summed E-state index contributed by atoms with van der Waals surface area (Å²) in [6, 6.07) is 0. The molecule has 0 aliphatic carbocycles. The van der Waals surface area contributed by atoms with Gasteiger partial charge in [-0.1, -0.05) is 58.3 Å². The summed E-state index contributed by atoms with van der Waals surface area (Å²) < 4.78 is 4.60. The maximum atomic E-state index is 10.9. The summed E-state index contributed by atoms with van der Waals surface area (Å²) >= 11 is 0. The van der Waals surface area contributed by atoms with Gasteiger partial charge >= 0.3 is 5.97 Å². The molecule has 0 amide bonds. The van der Waals surface area contributed by atoms with Crippen LogP contribution in [0, 0.1) is 0 Å². The fraction of sp³-hybridized carbons (Fsp3) is 0.947. The van der Waals surface area contributed by atoms with Crippen molar-refractivity contribution in [1.29, 1.82) is 0 Å². The molecule has 0 saturated carbocycles. The smallest absolute Gasteiger partial charge is 0.305 e. The lowest BCUT2D eigenvalue weighted by atomic mass is 10.00. The number of esters is 1. The van der Waals surface area contributed by atoms with Crippen LogP contribution in [0.15, 0.2) is 0 Å². The van der Waals surface area contributed by atoms with E-state index in [2.05, 4.69) is 4.74 Å². The highest BCUT2D eigenvalue weighted by atomic mass is 16.5. The van der Waals surface area contributed by atoms with E-state index < -0.39 is 18.3 Å². The molecule has 0 aliphatic heterocycles. The average Bonchev–Trinajstić information content (AvgIpc) is 2.58. The van der Waals surface area contributed by atoms with E-state index in [1.807, 2.05) is 6.92 Å². The third-order valence-corrected chi connectivity index (χ3v) is 4.52. The van der Waals surface area contributed by atoms with Gasteiger partial charge in [-0.05, 0) is 19.3 Å². The van der Waals surface area contributed by atoms with E-state index in [-0.39, 0.29) is 12.4 Å². The lowest BCUT2D eigenvalue weighted by molar-refractivity contribution is -0.140. The second-order valence-electron chi connectivity index (χ2n) is 6.73. The van der Waals surface area contributed by atoms with Gasteiger partial charge in [0.05, 0.1) is 25.4 Å². The van der Waals surface area contributed by atoms with Crippen molar-refractivity contribution >= 4 is 5.97 Å². The molecule has 0 saturated heterocycles. The van der Waals surface area contributed by atoms with Gasteiger partial charge in [0.1, 0.15) is 0 Å². The summed E-state index contributed by atoms with van der Waals surface area (Å²) in [4.78, 5) is 10.9. The lowest BCUT2D eigenvalue weighted by Crippen LogP contribution is -2.29. The highest BCUT2D eigenvalue weighted by Gasteiger charge is 2.18. The van der Waals surface area contributed by atoms with E-state index in [0.717, 1.165) is 25.7 Å². The van der Waals surface area contributed by atoms with Crippen molar-refractivity contribution in [1.82, 2.24) is 0 Å². The zero-order chi connectivity index (χ0) is 18.2. The summed E-state index contributed by atoms with van der Waals surface area (Å²) in [5.74, 6) is -0.117. The lowest BCUT2D eigenvalue weighted by Gasteiger charge is -2.19. The molecule has 3 N–H and O–H groups in total. The first kappa shape index (κ1) is 23.4. The van der Waals surface area contributed by atoms with Crippen molar-refractivity contribution in [2.24, 2.45) is 0 Å². The van der Waals surface area contributed by atoms with E-state index in [9.17, 15) is 20.1 Å². The van der Waals surface area contributed by atoms with Crippen molar-refractivity contribution in [2.45, 2.75) is 109 Å². The molecule has 0 heterocycles. The Morgan fingerprint density at radius 3 is 1.83 bits per heavy atom. The van der Waals surface area contributed by atoms with Crippen LogP contribution in [0.2, 0.25) is 0 Å². The minimum absolute atomic E-state index is 0.117. The quantitative estimate of drug-likeness (QED) is 0.295. The topological polar surface area (TPSA) is 87.0 Å². The molecule has 0 spiro atoms. The van der Waals surface area contributed by atoms with Crippen LogP contribution in [0.5, 0.6) is 0 Å². The molecule has 24 heavy (non-hydrogen) atoms. The number of aliphatic hydroxyl groups is 3. The summed E-state index contributed by atoms with van der Waals surface area (Å²) in [7, 11) is 1.43. The van der Waals surface area contributed by atoms with Gasteiger partial charge in [0.25, 0.3) is 0 Å². The van der Waals surface area contributed by atoms with E-state index >= 15 is 0 Å². The zero-order valence-electron chi connectivity index (χ0n) is 15.6. The molecule has 0 fully saturated rings. The van der Waals surface area contributed by atoms with E-state index in [0.29, 0.717) is 19.3 Å². The molecule has 5 nitrogen and oxygen atoms in total. The van der Waals surface area contributed by atoms with E-state index in [1.54, 1.807) is 0 Å². The maximum Gasteiger partial charge on any atom is 0.305 e. The Morgan fingerprint density at radius 1 is 0.833 bits per heavy atom. The Bertz CT molecular complexity index is 295. The van der Waals surface area contributed by atoms with Gasteiger partial charge in [-0.15, -0.1) is 0 Å². The maximum absolute atomic E-state index is 10.9. The fourth-order valence-corrected chi connectivity index (χ4v) is 2.81. The third-order valence-electron chi connectivity index (χ3n) is 4.52. The fourth-order valence-electron chi connectivity index (χ4n) is 2.81. The summed E-state index contributed by atoms with van der Waals surface area (Å²) in [6.45, 7) is 1.82. The Hall–Kier alpha value is -0.650. The second-order valence-corrected chi connectivity index (χ2v) is 6.73. The molecule has 5 heteroatoms. The Kier molecular flexibility index (Phi) is 15.4. The number of rotatable bonds is 16. The predicted molar refractivity (Wildman–Crippen MR) is 95.7 cm³/mol. The monoisotopic (exact) mass is 346 g/mol. The molecule has 0 aromatic carbocycles. The van der Waals surface area contributed by atoms with E-state index in [4.69, 9.17) is 0 Å². The second kappa shape index (κ2) is 15.9.